The summed E-state index contributed by atoms with van der Waals surface area (Å²) < 4.78 is 4.73. The Labute approximate surface area is 181 Å². The van der Waals surface area contributed by atoms with Gasteiger partial charge in [-0.2, -0.15) is 9.97 Å². The second-order valence-corrected chi connectivity index (χ2v) is 8.34. The monoisotopic (exact) mass is 457 g/mol. The van der Waals surface area contributed by atoms with E-state index in [1.54, 1.807) is 26.2 Å². The van der Waals surface area contributed by atoms with Crippen LogP contribution in [0.1, 0.15) is 19.5 Å². The molecular formula is C17H18Cl3N7O2. The fourth-order valence-electron chi connectivity index (χ4n) is 2.58. The van der Waals surface area contributed by atoms with Crippen LogP contribution >= 0.6 is 34.8 Å². The van der Waals surface area contributed by atoms with Crippen molar-refractivity contribution in [1.82, 2.24) is 24.8 Å². The lowest BCUT2D eigenvalue weighted by molar-refractivity contribution is -0.122. The topological polar surface area (TPSA) is 120 Å². The summed E-state index contributed by atoms with van der Waals surface area (Å²) in [5.41, 5.74) is 7.29. The molecule has 1 amide bonds. The predicted octanol–water partition coefficient (Wildman–Crippen LogP) is 3.56. The van der Waals surface area contributed by atoms with Crippen LogP contribution in [0.2, 0.25) is 0 Å². The SMILES string of the molecule is CCC(=O)NC(n1cnc2c(Nc3ccc(OC)cc3)nc(N)nc21)C(Cl)(Cl)Cl. The molecule has 3 aromatic rings. The summed E-state index contributed by atoms with van der Waals surface area (Å²) in [6.45, 7) is 1.69. The number of ether oxygens (including phenoxy) is 1. The molecule has 1 atom stereocenters. The van der Waals surface area contributed by atoms with Gasteiger partial charge in [0.15, 0.2) is 23.1 Å². The van der Waals surface area contributed by atoms with Gasteiger partial charge < -0.3 is 21.1 Å². The van der Waals surface area contributed by atoms with Crippen molar-refractivity contribution in [2.75, 3.05) is 18.2 Å². The van der Waals surface area contributed by atoms with Crippen molar-refractivity contribution < 1.29 is 9.53 Å². The third kappa shape index (κ3) is 4.75. The number of rotatable bonds is 6. The summed E-state index contributed by atoms with van der Waals surface area (Å²) in [6, 6.07) is 7.21. The van der Waals surface area contributed by atoms with Crippen LogP contribution in [0, 0.1) is 0 Å². The summed E-state index contributed by atoms with van der Waals surface area (Å²) in [7, 11) is 1.59. The summed E-state index contributed by atoms with van der Waals surface area (Å²) in [6.07, 6.45) is 0.569. The summed E-state index contributed by atoms with van der Waals surface area (Å²) in [5, 5.41) is 5.79. The van der Waals surface area contributed by atoms with E-state index in [0.717, 1.165) is 5.69 Å². The molecule has 2 aromatic heterocycles. The number of nitrogens with zero attached hydrogens (tertiary/aromatic N) is 4. The first kappa shape index (κ1) is 21.2. The number of nitrogens with two attached hydrogens (primary N) is 1. The minimum absolute atomic E-state index is 0.0138. The van der Waals surface area contributed by atoms with Gasteiger partial charge in [-0.15, -0.1) is 0 Å². The van der Waals surface area contributed by atoms with E-state index in [1.807, 2.05) is 12.1 Å². The van der Waals surface area contributed by atoms with Crippen LogP contribution in [0.5, 0.6) is 5.75 Å². The third-order valence-corrected chi connectivity index (χ3v) is 4.62. The van der Waals surface area contributed by atoms with Crippen LogP contribution in [-0.2, 0) is 4.79 Å². The van der Waals surface area contributed by atoms with Gasteiger partial charge in [0.2, 0.25) is 15.6 Å². The average Bonchev–Trinajstić information content (AvgIpc) is 3.09. The highest BCUT2D eigenvalue weighted by atomic mass is 35.6. The number of halogens is 3. The molecule has 9 nitrogen and oxygen atoms in total. The second kappa shape index (κ2) is 8.48. The van der Waals surface area contributed by atoms with E-state index in [2.05, 4.69) is 25.6 Å². The van der Waals surface area contributed by atoms with Gasteiger partial charge in [-0.25, -0.2) is 4.98 Å². The Hall–Kier alpha value is -2.49. The largest absolute Gasteiger partial charge is 0.497 e. The van der Waals surface area contributed by atoms with Crippen molar-refractivity contribution in [3.8, 4) is 5.75 Å². The van der Waals surface area contributed by atoms with Gasteiger partial charge in [-0.1, -0.05) is 41.7 Å². The zero-order valence-electron chi connectivity index (χ0n) is 15.5. The number of nitrogens with one attached hydrogen (secondary N) is 2. The Morgan fingerprint density at radius 3 is 2.55 bits per heavy atom. The van der Waals surface area contributed by atoms with Crippen LogP contribution in [0.4, 0.5) is 17.5 Å². The third-order valence-electron chi connectivity index (χ3n) is 4.00. The lowest BCUT2D eigenvalue weighted by atomic mass is 10.3. The molecular weight excluding hydrogens is 441 g/mol. The Kier molecular flexibility index (Phi) is 6.21. The molecule has 0 saturated heterocycles. The smallest absolute Gasteiger partial charge is 0.229 e. The van der Waals surface area contributed by atoms with E-state index in [0.29, 0.717) is 22.7 Å². The summed E-state index contributed by atoms with van der Waals surface area (Å²) in [5.74, 6) is 0.757. The molecule has 0 aliphatic carbocycles. The van der Waals surface area contributed by atoms with Crippen molar-refractivity contribution in [3.63, 3.8) is 0 Å². The predicted molar refractivity (Wildman–Crippen MR) is 114 cm³/mol. The number of amides is 1. The average molecular weight is 459 g/mol. The maximum absolute atomic E-state index is 11.9. The van der Waals surface area contributed by atoms with E-state index in [4.69, 9.17) is 45.3 Å². The van der Waals surface area contributed by atoms with Gasteiger partial charge in [-0.05, 0) is 24.3 Å². The summed E-state index contributed by atoms with van der Waals surface area (Å²) in [4.78, 5) is 24.7. The number of alkyl halides is 3. The van der Waals surface area contributed by atoms with Crippen molar-refractivity contribution in [1.29, 1.82) is 0 Å². The molecule has 0 fully saturated rings. The standard InChI is InChI=1S/C17H18Cl3N7O2/c1-3-11(28)24-15(17(18,19)20)27-8-22-12-13(25-16(21)26-14(12)27)23-9-4-6-10(29-2)7-5-9/h4-8,15H,3H2,1-2H3,(H,24,28)(H3,21,23,25,26). The molecule has 3 rings (SSSR count). The number of hydrogen-bond donors (Lipinski definition) is 3. The highest BCUT2D eigenvalue weighted by Crippen LogP contribution is 2.38. The lowest BCUT2D eigenvalue weighted by Gasteiger charge is -2.26. The van der Waals surface area contributed by atoms with Crippen LogP contribution in [-0.4, -0.2) is 36.3 Å². The fourth-order valence-corrected chi connectivity index (χ4v) is 3.06. The van der Waals surface area contributed by atoms with Crippen LogP contribution < -0.4 is 21.1 Å². The van der Waals surface area contributed by atoms with Crippen LogP contribution in [0.3, 0.4) is 0 Å². The van der Waals surface area contributed by atoms with Crippen molar-refractivity contribution in [3.05, 3.63) is 30.6 Å². The van der Waals surface area contributed by atoms with Gasteiger partial charge in [0.1, 0.15) is 5.75 Å². The van der Waals surface area contributed by atoms with Gasteiger partial charge in [-0.3, -0.25) is 9.36 Å². The van der Waals surface area contributed by atoms with Gasteiger partial charge >= 0.3 is 0 Å². The minimum Gasteiger partial charge on any atom is -0.497 e. The first-order chi connectivity index (χ1) is 13.7. The number of hydrogen-bond acceptors (Lipinski definition) is 7. The molecule has 0 spiro atoms. The molecule has 12 heteroatoms. The molecule has 0 aliphatic heterocycles. The number of methoxy groups -OCH3 is 1. The quantitative estimate of drug-likeness (QED) is 0.483. The molecule has 1 unspecified atom stereocenters. The van der Waals surface area contributed by atoms with Crippen molar-refractivity contribution in [2.24, 2.45) is 0 Å². The highest BCUT2D eigenvalue weighted by Gasteiger charge is 2.36. The molecule has 0 radical (unpaired) electrons. The summed E-state index contributed by atoms with van der Waals surface area (Å²) >= 11 is 18.3. The Bertz CT molecular complexity index is 1020. The highest BCUT2D eigenvalue weighted by molar-refractivity contribution is 6.68. The molecule has 4 N–H and O–H groups in total. The molecule has 1 aromatic carbocycles. The van der Waals surface area contributed by atoms with E-state index < -0.39 is 9.96 Å². The number of benzene rings is 1. The molecule has 154 valence electrons. The number of fused-ring (bicyclic) bond motifs is 1. The zero-order valence-corrected chi connectivity index (χ0v) is 17.8. The van der Waals surface area contributed by atoms with Crippen molar-refractivity contribution >= 4 is 69.3 Å². The number of anilines is 3. The van der Waals surface area contributed by atoms with Gasteiger partial charge in [0, 0.05) is 12.1 Å². The van der Waals surface area contributed by atoms with Crippen LogP contribution in [0.15, 0.2) is 30.6 Å². The number of carbonyl (C=O) groups is 1. The molecule has 0 bridgehead atoms. The molecule has 2 heterocycles. The number of nitrogen functional groups attached to an aromatic ring is 1. The zero-order chi connectivity index (χ0) is 21.2. The maximum Gasteiger partial charge on any atom is 0.229 e. The molecule has 0 aliphatic rings. The van der Waals surface area contributed by atoms with E-state index in [9.17, 15) is 4.79 Å². The molecule has 29 heavy (non-hydrogen) atoms. The second-order valence-electron chi connectivity index (χ2n) is 5.97. The first-order valence-electron chi connectivity index (χ1n) is 8.50. The van der Waals surface area contributed by atoms with E-state index in [-0.39, 0.29) is 18.3 Å². The number of imidazole rings is 1. The normalized spacial score (nSPS) is 12.6. The lowest BCUT2D eigenvalue weighted by Crippen LogP contribution is -2.40. The maximum atomic E-state index is 11.9. The minimum atomic E-state index is -1.86. The van der Waals surface area contributed by atoms with Crippen molar-refractivity contribution in [2.45, 2.75) is 23.3 Å². The van der Waals surface area contributed by atoms with Gasteiger partial charge in [0.25, 0.3) is 0 Å². The van der Waals surface area contributed by atoms with E-state index >= 15 is 0 Å². The molecule has 0 saturated carbocycles. The van der Waals surface area contributed by atoms with Crippen LogP contribution in [0.25, 0.3) is 11.2 Å². The van der Waals surface area contributed by atoms with E-state index in [1.165, 1.54) is 10.9 Å². The Morgan fingerprint density at radius 2 is 1.97 bits per heavy atom. The fraction of sp³-hybridized carbons (Fsp3) is 0.294. The number of carbonyl (C=O) groups excluding carboxylic acids is 1. The Morgan fingerprint density at radius 1 is 1.28 bits per heavy atom. The number of aromatic nitrogens is 4. The Balaban J connectivity index is 2.04. The van der Waals surface area contributed by atoms with Gasteiger partial charge in [0.05, 0.1) is 13.4 Å². The first-order valence-corrected chi connectivity index (χ1v) is 9.63.